The number of carboxylic acid groups (broad SMARTS) is 1. The highest BCUT2D eigenvalue weighted by atomic mass is 16.4. The molecule has 0 saturated carbocycles. The molecule has 1 N–H and O–H groups in total. The molecule has 2 heterocycles. The topological polar surface area (TPSA) is 58.4 Å². The molecule has 1 atom stereocenters. The van der Waals surface area contributed by atoms with E-state index < -0.39 is 5.97 Å². The number of carbonyl (C=O) groups is 1. The summed E-state index contributed by atoms with van der Waals surface area (Å²) in [6.07, 6.45) is 2.24. The maximum Gasteiger partial charge on any atom is 0.356 e. The van der Waals surface area contributed by atoms with Crippen molar-refractivity contribution in [2.45, 2.75) is 18.9 Å². The summed E-state index contributed by atoms with van der Waals surface area (Å²) in [5, 5.41) is 12.8. The van der Waals surface area contributed by atoms with E-state index in [1.807, 2.05) is 0 Å². The molecule has 82 valence electrons. The Morgan fingerprint density at radius 3 is 2.80 bits per heavy atom. The van der Waals surface area contributed by atoms with Crippen LogP contribution in [0, 0.1) is 0 Å². The van der Waals surface area contributed by atoms with Crippen LogP contribution in [0.25, 0.3) is 0 Å². The molecule has 5 nitrogen and oxygen atoms in total. The number of hydrogen-bond donors (Lipinski definition) is 1. The third kappa shape index (κ3) is 1.74. The minimum absolute atomic E-state index is 0.132. The number of likely N-dealkylation sites (tertiary alicyclic amines) is 1. The maximum atomic E-state index is 10.8. The van der Waals surface area contributed by atoms with Gasteiger partial charge in [0.15, 0.2) is 5.69 Å². The second-order valence-corrected chi connectivity index (χ2v) is 4.02. The van der Waals surface area contributed by atoms with Gasteiger partial charge < -0.3 is 5.11 Å². The first-order valence-electron chi connectivity index (χ1n) is 5.07. The molecule has 0 bridgehead atoms. The van der Waals surface area contributed by atoms with Crippen LogP contribution in [0.3, 0.4) is 0 Å². The average Bonchev–Trinajstić information content (AvgIpc) is 2.71. The molecule has 2 rings (SSSR count). The first kappa shape index (κ1) is 10.2. The number of aromatic carboxylic acids is 1. The van der Waals surface area contributed by atoms with Crippen molar-refractivity contribution in [3.05, 3.63) is 17.5 Å². The summed E-state index contributed by atoms with van der Waals surface area (Å²) in [5.41, 5.74) is 1.13. The Kier molecular flexibility index (Phi) is 2.48. The molecule has 1 unspecified atom stereocenters. The van der Waals surface area contributed by atoms with E-state index in [1.54, 1.807) is 17.8 Å². The van der Waals surface area contributed by atoms with Crippen LogP contribution in [0.4, 0.5) is 0 Å². The monoisotopic (exact) mass is 209 g/mol. The Balaban J connectivity index is 2.31. The fourth-order valence-electron chi connectivity index (χ4n) is 2.18. The zero-order valence-electron chi connectivity index (χ0n) is 8.97. The van der Waals surface area contributed by atoms with Gasteiger partial charge in [0.25, 0.3) is 0 Å². The molecule has 0 aliphatic carbocycles. The summed E-state index contributed by atoms with van der Waals surface area (Å²) < 4.78 is 1.68. The molecule has 0 radical (unpaired) electrons. The van der Waals surface area contributed by atoms with Crippen LogP contribution < -0.4 is 0 Å². The molecule has 15 heavy (non-hydrogen) atoms. The molecule has 1 aromatic heterocycles. The van der Waals surface area contributed by atoms with Crippen molar-refractivity contribution in [3.8, 4) is 0 Å². The SMILES string of the molecule is CN1CCCC1c1cc(C(=O)O)nn1C. The van der Waals surface area contributed by atoms with Crippen LogP contribution >= 0.6 is 0 Å². The highest BCUT2D eigenvalue weighted by Crippen LogP contribution is 2.30. The third-order valence-electron chi connectivity index (χ3n) is 3.00. The first-order chi connectivity index (χ1) is 7.09. The minimum atomic E-state index is -0.961. The molecular formula is C10H15N3O2. The molecule has 1 aliphatic rings. The van der Waals surface area contributed by atoms with E-state index in [4.69, 9.17) is 5.11 Å². The van der Waals surface area contributed by atoms with E-state index in [0.717, 1.165) is 25.1 Å². The molecule has 1 aromatic rings. The van der Waals surface area contributed by atoms with E-state index in [1.165, 1.54) is 0 Å². The first-order valence-corrected chi connectivity index (χ1v) is 5.07. The fourth-order valence-corrected chi connectivity index (χ4v) is 2.18. The molecule has 0 amide bonds. The van der Waals surface area contributed by atoms with Gasteiger partial charge in [-0.05, 0) is 32.5 Å². The summed E-state index contributed by atoms with van der Waals surface area (Å²) in [7, 11) is 3.86. The van der Waals surface area contributed by atoms with E-state index in [2.05, 4.69) is 17.0 Å². The zero-order valence-corrected chi connectivity index (χ0v) is 8.97. The van der Waals surface area contributed by atoms with Gasteiger partial charge in [-0.1, -0.05) is 0 Å². The predicted molar refractivity (Wildman–Crippen MR) is 54.8 cm³/mol. The van der Waals surface area contributed by atoms with Crippen molar-refractivity contribution in [3.63, 3.8) is 0 Å². The molecule has 1 aliphatic heterocycles. The van der Waals surface area contributed by atoms with Crippen molar-refractivity contribution in [2.24, 2.45) is 7.05 Å². The van der Waals surface area contributed by atoms with Gasteiger partial charge in [-0.15, -0.1) is 0 Å². The van der Waals surface area contributed by atoms with E-state index >= 15 is 0 Å². The van der Waals surface area contributed by atoms with Gasteiger partial charge >= 0.3 is 5.97 Å². The number of rotatable bonds is 2. The Labute approximate surface area is 88.3 Å². The highest BCUT2D eigenvalue weighted by molar-refractivity contribution is 5.85. The lowest BCUT2D eigenvalue weighted by atomic mass is 10.1. The lowest BCUT2D eigenvalue weighted by Gasteiger charge is -2.19. The maximum absolute atomic E-state index is 10.8. The van der Waals surface area contributed by atoms with Crippen LogP contribution in [0.2, 0.25) is 0 Å². The van der Waals surface area contributed by atoms with Gasteiger partial charge in [0.1, 0.15) is 0 Å². The number of aryl methyl sites for hydroxylation is 1. The highest BCUT2D eigenvalue weighted by Gasteiger charge is 2.26. The lowest BCUT2D eigenvalue weighted by molar-refractivity contribution is 0.0689. The summed E-state index contributed by atoms with van der Waals surface area (Å²) in [4.78, 5) is 13.0. The van der Waals surface area contributed by atoms with E-state index in [0.29, 0.717) is 6.04 Å². The largest absolute Gasteiger partial charge is 0.476 e. The normalized spacial score (nSPS) is 22.1. The molecular weight excluding hydrogens is 194 g/mol. The van der Waals surface area contributed by atoms with Gasteiger partial charge in [-0.2, -0.15) is 5.10 Å². The van der Waals surface area contributed by atoms with Gasteiger partial charge in [-0.3, -0.25) is 9.58 Å². The fraction of sp³-hybridized carbons (Fsp3) is 0.600. The summed E-state index contributed by atoms with van der Waals surface area (Å²) in [6.45, 7) is 1.07. The summed E-state index contributed by atoms with van der Waals surface area (Å²) in [5.74, 6) is -0.961. The van der Waals surface area contributed by atoms with E-state index in [-0.39, 0.29) is 5.69 Å². The Morgan fingerprint density at radius 1 is 1.60 bits per heavy atom. The van der Waals surface area contributed by atoms with Gasteiger partial charge in [-0.25, -0.2) is 4.79 Å². The Hall–Kier alpha value is -1.36. The molecule has 0 spiro atoms. The molecule has 1 fully saturated rings. The standard InChI is InChI=1S/C10H15N3O2/c1-12-5-3-4-8(12)9-6-7(10(14)15)11-13(9)2/h6,8H,3-5H2,1-2H3,(H,14,15). The van der Waals surface area contributed by atoms with E-state index in [9.17, 15) is 4.79 Å². The molecule has 5 heteroatoms. The van der Waals surface area contributed by atoms with Crippen LogP contribution in [0.1, 0.15) is 35.1 Å². The second kappa shape index (κ2) is 3.66. The minimum Gasteiger partial charge on any atom is -0.476 e. The van der Waals surface area contributed by atoms with Crippen LogP contribution in [-0.4, -0.2) is 39.3 Å². The quantitative estimate of drug-likeness (QED) is 0.785. The predicted octanol–water partition coefficient (Wildman–Crippen LogP) is 0.885. The van der Waals surface area contributed by atoms with Gasteiger partial charge in [0.05, 0.1) is 11.7 Å². The van der Waals surface area contributed by atoms with Crippen LogP contribution in [-0.2, 0) is 7.05 Å². The number of aromatic nitrogens is 2. The average molecular weight is 209 g/mol. The van der Waals surface area contributed by atoms with Crippen LogP contribution in [0.5, 0.6) is 0 Å². The smallest absolute Gasteiger partial charge is 0.356 e. The third-order valence-corrected chi connectivity index (χ3v) is 3.00. The number of nitrogens with zero attached hydrogens (tertiary/aromatic N) is 3. The van der Waals surface area contributed by atoms with Crippen LogP contribution in [0.15, 0.2) is 6.07 Å². The molecule has 1 saturated heterocycles. The van der Waals surface area contributed by atoms with Crippen molar-refractivity contribution in [2.75, 3.05) is 13.6 Å². The van der Waals surface area contributed by atoms with Crippen molar-refractivity contribution in [1.82, 2.24) is 14.7 Å². The zero-order chi connectivity index (χ0) is 11.0. The molecule has 0 aromatic carbocycles. The Morgan fingerprint density at radius 2 is 2.33 bits per heavy atom. The summed E-state index contributed by atoms with van der Waals surface area (Å²) in [6, 6.07) is 1.99. The number of carboxylic acids is 1. The second-order valence-electron chi connectivity index (χ2n) is 4.02. The number of hydrogen-bond acceptors (Lipinski definition) is 3. The van der Waals surface area contributed by atoms with Crippen molar-refractivity contribution < 1.29 is 9.90 Å². The van der Waals surface area contributed by atoms with Gasteiger partial charge in [0.2, 0.25) is 0 Å². The van der Waals surface area contributed by atoms with Crippen molar-refractivity contribution in [1.29, 1.82) is 0 Å². The Bertz CT molecular complexity index is 386. The van der Waals surface area contributed by atoms with Crippen molar-refractivity contribution >= 4 is 5.97 Å². The van der Waals surface area contributed by atoms with Gasteiger partial charge in [0, 0.05) is 7.05 Å². The lowest BCUT2D eigenvalue weighted by Crippen LogP contribution is -2.19. The summed E-state index contributed by atoms with van der Waals surface area (Å²) >= 11 is 0.